The predicted octanol–water partition coefficient (Wildman–Crippen LogP) is 3.02. The van der Waals surface area contributed by atoms with Gasteiger partial charge in [0.2, 0.25) is 0 Å². The third-order valence-corrected chi connectivity index (χ3v) is 3.79. The van der Waals surface area contributed by atoms with E-state index in [0.29, 0.717) is 6.04 Å². The Labute approximate surface area is 102 Å². The summed E-state index contributed by atoms with van der Waals surface area (Å²) < 4.78 is 0. The van der Waals surface area contributed by atoms with Gasteiger partial charge in [0.15, 0.2) is 0 Å². The zero-order valence-corrected chi connectivity index (χ0v) is 11.3. The normalized spacial score (nSPS) is 27.0. The van der Waals surface area contributed by atoms with E-state index in [4.69, 9.17) is 5.73 Å². The molecule has 96 valence electrons. The van der Waals surface area contributed by atoms with Gasteiger partial charge in [-0.25, -0.2) is 0 Å². The number of nitrogens with zero attached hydrogens (tertiary/aromatic N) is 1. The van der Waals surface area contributed by atoms with Crippen LogP contribution in [0.15, 0.2) is 0 Å². The molecule has 0 radical (unpaired) electrons. The molecule has 0 aromatic heterocycles. The SMILES string of the molecule is CCCN(CCC)CC1CCCCCC1N. The minimum atomic E-state index is 0.457. The van der Waals surface area contributed by atoms with Crippen LogP contribution in [0.5, 0.6) is 0 Å². The zero-order chi connectivity index (χ0) is 11.8. The number of rotatable bonds is 6. The summed E-state index contributed by atoms with van der Waals surface area (Å²) in [5.41, 5.74) is 6.29. The van der Waals surface area contributed by atoms with E-state index in [-0.39, 0.29) is 0 Å². The van der Waals surface area contributed by atoms with E-state index in [1.165, 1.54) is 64.6 Å². The standard InChI is InChI=1S/C14H30N2/c1-3-10-16(11-4-2)12-13-8-6-5-7-9-14(13)15/h13-14H,3-12,15H2,1-2H3. The number of nitrogens with two attached hydrogens (primary N) is 1. The lowest BCUT2D eigenvalue weighted by atomic mass is 9.95. The second-order valence-electron chi connectivity index (χ2n) is 5.36. The van der Waals surface area contributed by atoms with Gasteiger partial charge in [0.25, 0.3) is 0 Å². The molecule has 1 rings (SSSR count). The summed E-state index contributed by atoms with van der Waals surface area (Å²) in [6, 6.07) is 0.457. The Morgan fingerprint density at radius 2 is 1.62 bits per heavy atom. The monoisotopic (exact) mass is 226 g/mol. The van der Waals surface area contributed by atoms with Gasteiger partial charge in [-0.15, -0.1) is 0 Å². The number of hydrogen-bond acceptors (Lipinski definition) is 2. The topological polar surface area (TPSA) is 29.3 Å². The molecule has 0 aromatic rings. The maximum absolute atomic E-state index is 6.29. The highest BCUT2D eigenvalue weighted by atomic mass is 15.1. The van der Waals surface area contributed by atoms with E-state index in [2.05, 4.69) is 18.7 Å². The first-order valence-electron chi connectivity index (χ1n) is 7.25. The van der Waals surface area contributed by atoms with Gasteiger partial charge in [0, 0.05) is 12.6 Å². The fraction of sp³-hybridized carbons (Fsp3) is 1.00. The van der Waals surface area contributed by atoms with Gasteiger partial charge in [0.1, 0.15) is 0 Å². The van der Waals surface area contributed by atoms with Crippen LogP contribution in [0.2, 0.25) is 0 Å². The molecule has 1 aliphatic carbocycles. The van der Waals surface area contributed by atoms with Gasteiger partial charge in [-0.3, -0.25) is 0 Å². The zero-order valence-electron chi connectivity index (χ0n) is 11.3. The van der Waals surface area contributed by atoms with Gasteiger partial charge in [-0.2, -0.15) is 0 Å². The minimum Gasteiger partial charge on any atom is -0.327 e. The molecular weight excluding hydrogens is 196 g/mol. The molecule has 2 unspecified atom stereocenters. The van der Waals surface area contributed by atoms with Crippen molar-refractivity contribution in [3.05, 3.63) is 0 Å². The van der Waals surface area contributed by atoms with Gasteiger partial charge < -0.3 is 10.6 Å². The molecule has 2 heteroatoms. The molecule has 0 amide bonds. The molecule has 2 N–H and O–H groups in total. The smallest absolute Gasteiger partial charge is 0.00793 e. The summed E-state index contributed by atoms with van der Waals surface area (Å²) in [4.78, 5) is 2.62. The molecule has 0 aromatic carbocycles. The average Bonchev–Trinajstić information content (AvgIpc) is 2.45. The maximum Gasteiger partial charge on any atom is 0.00793 e. The minimum absolute atomic E-state index is 0.457. The van der Waals surface area contributed by atoms with E-state index in [0.717, 1.165) is 5.92 Å². The highest BCUT2D eigenvalue weighted by Crippen LogP contribution is 2.23. The third kappa shape index (κ3) is 4.84. The molecule has 2 nitrogen and oxygen atoms in total. The molecule has 1 fully saturated rings. The second-order valence-corrected chi connectivity index (χ2v) is 5.36. The van der Waals surface area contributed by atoms with E-state index in [9.17, 15) is 0 Å². The lowest BCUT2D eigenvalue weighted by Gasteiger charge is -2.29. The van der Waals surface area contributed by atoms with Crippen LogP contribution in [0.1, 0.15) is 58.8 Å². The Kier molecular flexibility index (Phi) is 7.06. The van der Waals surface area contributed by atoms with Crippen molar-refractivity contribution in [3.8, 4) is 0 Å². The molecule has 0 spiro atoms. The van der Waals surface area contributed by atoms with Crippen molar-refractivity contribution in [3.63, 3.8) is 0 Å². The Morgan fingerprint density at radius 3 is 2.25 bits per heavy atom. The quantitative estimate of drug-likeness (QED) is 0.705. The van der Waals surface area contributed by atoms with Gasteiger partial charge in [-0.1, -0.05) is 33.1 Å². The van der Waals surface area contributed by atoms with Crippen molar-refractivity contribution in [2.75, 3.05) is 19.6 Å². The van der Waals surface area contributed by atoms with Crippen molar-refractivity contribution >= 4 is 0 Å². The fourth-order valence-corrected chi connectivity index (χ4v) is 2.90. The Hall–Kier alpha value is -0.0800. The van der Waals surface area contributed by atoms with Crippen LogP contribution < -0.4 is 5.73 Å². The predicted molar refractivity (Wildman–Crippen MR) is 71.6 cm³/mol. The number of hydrogen-bond donors (Lipinski definition) is 1. The summed E-state index contributed by atoms with van der Waals surface area (Å²) in [5.74, 6) is 0.751. The summed E-state index contributed by atoms with van der Waals surface area (Å²) in [6.07, 6.45) is 9.27. The first-order valence-corrected chi connectivity index (χ1v) is 7.25. The summed E-state index contributed by atoms with van der Waals surface area (Å²) in [7, 11) is 0. The van der Waals surface area contributed by atoms with E-state index in [1.54, 1.807) is 0 Å². The molecule has 0 aliphatic heterocycles. The Balaban J connectivity index is 2.40. The molecule has 0 heterocycles. The Bertz CT molecular complexity index is 164. The first kappa shape index (κ1) is 14.0. The molecule has 1 aliphatic rings. The van der Waals surface area contributed by atoms with Crippen LogP contribution in [-0.4, -0.2) is 30.6 Å². The highest BCUT2D eigenvalue weighted by molar-refractivity contribution is 4.79. The lowest BCUT2D eigenvalue weighted by Crippen LogP contribution is -2.39. The molecule has 1 saturated carbocycles. The van der Waals surface area contributed by atoms with E-state index >= 15 is 0 Å². The summed E-state index contributed by atoms with van der Waals surface area (Å²) >= 11 is 0. The third-order valence-electron chi connectivity index (χ3n) is 3.79. The van der Waals surface area contributed by atoms with Crippen molar-refractivity contribution < 1.29 is 0 Å². The molecule has 0 saturated heterocycles. The molecular formula is C14H30N2. The van der Waals surface area contributed by atoms with Crippen LogP contribution in [-0.2, 0) is 0 Å². The van der Waals surface area contributed by atoms with Crippen molar-refractivity contribution in [2.45, 2.75) is 64.8 Å². The molecule has 16 heavy (non-hydrogen) atoms. The van der Waals surface area contributed by atoms with Crippen LogP contribution in [0.25, 0.3) is 0 Å². The van der Waals surface area contributed by atoms with Gasteiger partial charge in [0.05, 0.1) is 0 Å². The van der Waals surface area contributed by atoms with Crippen molar-refractivity contribution in [1.82, 2.24) is 4.90 Å². The first-order chi connectivity index (χ1) is 7.77. The van der Waals surface area contributed by atoms with Crippen molar-refractivity contribution in [2.24, 2.45) is 11.7 Å². The molecule has 2 atom stereocenters. The fourth-order valence-electron chi connectivity index (χ4n) is 2.90. The van der Waals surface area contributed by atoms with Crippen LogP contribution in [0.4, 0.5) is 0 Å². The molecule has 0 bridgehead atoms. The maximum atomic E-state index is 6.29. The van der Waals surface area contributed by atoms with Crippen molar-refractivity contribution in [1.29, 1.82) is 0 Å². The van der Waals surface area contributed by atoms with Crippen LogP contribution in [0, 0.1) is 5.92 Å². The van der Waals surface area contributed by atoms with Gasteiger partial charge >= 0.3 is 0 Å². The van der Waals surface area contributed by atoms with Crippen LogP contribution in [0.3, 0.4) is 0 Å². The largest absolute Gasteiger partial charge is 0.327 e. The summed E-state index contributed by atoms with van der Waals surface area (Å²) in [5, 5.41) is 0. The average molecular weight is 226 g/mol. The Morgan fingerprint density at radius 1 is 1.00 bits per heavy atom. The summed E-state index contributed by atoms with van der Waals surface area (Å²) in [6.45, 7) is 8.28. The lowest BCUT2D eigenvalue weighted by molar-refractivity contribution is 0.207. The van der Waals surface area contributed by atoms with E-state index in [1.807, 2.05) is 0 Å². The van der Waals surface area contributed by atoms with Crippen LogP contribution >= 0.6 is 0 Å². The second kappa shape index (κ2) is 8.08. The van der Waals surface area contributed by atoms with E-state index < -0.39 is 0 Å². The highest BCUT2D eigenvalue weighted by Gasteiger charge is 2.22. The van der Waals surface area contributed by atoms with Gasteiger partial charge in [-0.05, 0) is 44.7 Å².